The lowest BCUT2D eigenvalue weighted by molar-refractivity contribution is -0.175. The van der Waals surface area contributed by atoms with E-state index in [4.69, 9.17) is 9.47 Å². The molecule has 0 unspecified atom stereocenters. The number of pyridine rings is 1. The fourth-order valence-electron chi connectivity index (χ4n) is 5.38. The molecule has 1 aromatic heterocycles. The largest absolute Gasteiger partial charge is 0.347 e. The van der Waals surface area contributed by atoms with Crippen molar-refractivity contribution in [1.82, 2.24) is 4.98 Å². The van der Waals surface area contributed by atoms with Crippen molar-refractivity contribution in [3.63, 3.8) is 0 Å². The van der Waals surface area contributed by atoms with E-state index in [1.165, 1.54) is 12.1 Å². The normalized spacial score (nSPS) is 30.8. The third-order valence-electron chi connectivity index (χ3n) is 6.69. The lowest BCUT2D eigenvalue weighted by atomic mass is 9.77. The van der Waals surface area contributed by atoms with Crippen molar-refractivity contribution in [3.8, 4) is 11.1 Å². The van der Waals surface area contributed by atoms with Crippen molar-refractivity contribution in [1.29, 1.82) is 0 Å². The van der Waals surface area contributed by atoms with Crippen LogP contribution in [0.25, 0.3) is 17.2 Å². The topological polar surface area (TPSA) is 31.4 Å². The van der Waals surface area contributed by atoms with Crippen LogP contribution in [-0.4, -0.2) is 30.2 Å². The standard InChI is InChI=1S/C24H25F2NO2/c25-19-3-1-2-16(12-19)17-4-6-21(27-15-17)7-9-23-22-8-5-20(26)13-18(22)14-24(23)28-10-11-29-24/h1-4,6-7,9,12,15,18,20,22-23H,5,8,10-11,13-14H2/t18-,20-,22-,23-/m0/s1. The number of rotatable bonds is 3. The monoisotopic (exact) mass is 397 g/mol. The number of halogens is 2. The summed E-state index contributed by atoms with van der Waals surface area (Å²) < 4.78 is 39.5. The summed E-state index contributed by atoms with van der Waals surface area (Å²) in [6.07, 6.45) is 8.12. The lowest BCUT2D eigenvalue weighted by Crippen LogP contribution is -2.35. The molecule has 152 valence electrons. The molecular weight excluding hydrogens is 372 g/mol. The molecule has 1 spiro atoms. The maximum atomic E-state index is 13.9. The first-order valence-electron chi connectivity index (χ1n) is 10.5. The van der Waals surface area contributed by atoms with E-state index in [0.29, 0.717) is 37.9 Å². The molecule has 1 aromatic carbocycles. The van der Waals surface area contributed by atoms with Crippen molar-refractivity contribution >= 4 is 6.08 Å². The molecule has 0 N–H and O–H groups in total. The van der Waals surface area contributed by atoms with Gasteiger partial charge in [-0.3, -0.25) is 4.98 Å². The van der Waals surface area contributed by atoms with Crippen LogP contribution < -0.4 is 0 Å². The molecule has 2 aliphatic carbocycles. The van der Waals surface area contributed by atoms with Gasteiger partial charge in [-0.25, -0.2) is 8.78 Å². The van der Waals surface area contributed by atoms with Crippen LogP contribution in [0.1, 0.15) is 31.4 Å². The van der Waals surface area contributed by atoms with Gasteiger partial charge in [0.05, 0.1) is 18.9 Å². The Hall–Kier alpha value is -2.11. The van der Waals surface area contributed by atoms with E-state index in [1.807, 2.05) is 24.3 Å². The smallest absolute Gasteiger partial charge is 0.175 e. The maximum Gasteiger partial charge on any atom is 0.175 e. The molecule has 3 aliphatic rings. The summed E-state index contributed by atoms with van der Waals surface area (Å²) in [5.74, 6) is -0.0331. The van der Waals surface area contributed by atoms with Gasteiger partial charge in [-0.2, -0.15) is 0 Å². The zero-order valence-corrected chi connectivity index (χ0v) is 16.3. The highest BCUT2D eigenvalue weighted by atomic mass is 19.1. The van der Waals surface area contributed by atoms with E-state index in [9.17, 15) is 8.78 Å². The highest BCUT2D eigenvalue weighted by Crippen LogP contribution is 2.55. The third-order valence-corrected chi connectivity index (χ3v) is 6.69. The Labute approximate surface area is 169 Å². The Morgan fingerprint density at radius 2 is 1.93 bits per heavy atom. The first kappa shape index (κ1) is 18.9. The molecule has 1 aliphatic heterocycles. The van der Waals surface area contributed by atoms with Crippen molar-refractivity contribution in [2.75, 3.05) is 13.2 Å². The highest BCUT2D eigenvalue weighted by Gasteiger charge is 2.57. The van der Waals surface area contributed by atoms with Gasteiger partial charge >= 0.3 is 0 Å². The van der Waals surface area contributed by atoms with Gasteiger partial charge in [-0.1, -0.05) is 24.3 Å². The van der Waals surface area contributed by atoms with Crippen LogP contribution in [0, 0.1) is 23.6 Å². The second-order valence-corrected chi connectivity index (χ2v) is 8.41. The molecule has 2 heterocycles. The predicted molar refractivity (Wildman–Crippen MR) is 107 cm³/mol. The molecule has 5 rings (SSSR count). The van der Waals surface area contributed by atoms with Crippen LogP contribution in [0.2, 0.25) is 0 Å². The summed E-state index contributed by atoms with van der Waals surface area (Å²) in [7, 11) is 0. The number of fused-ring (bicyclic) bond motifs is 1. The fraction of sp³-hybridized carbons (Fsp3) is 0.458. The highest BCUT2D eigenvalue weighted by molar-refractivity contribution is 5.63. The first-order chi connectivity index (χ1) is 14.1. The first-order valence-corrected chi connectivity index (χ1v) is 10.5. The predicted octanol–water partition coefficient (Wildman–Crippen LogP) is 5.42. The van der Waals surface area contributed by atoms with Crippen molar-refractivity contribution in [2.45, 2.75) is 37.6 Å². The zero-order chi connectivity index (χ0) is 19.8. The minimum absolute atomic E-state index is 0.118. The van der Waals surface area contributed by atoms with Gasteiger partial charge in [0, 0.05) is 24.1 Å². The Bertz CT molecular complexity index is 892. The quantitative estimate of drug-likeness (QED) is 0.693. The van der Waals surface area contributed by atoms with E-state index in [2.05, 4.69) is 11.1 Å². The second-order valence-electron chi connectivity index (χ2n) is 8.41. The summed E-state index contributed by atoms with van der Waals surface area (Å²) >= 11 is 0. The minimum atomic E-state index is -0.700. The number of aromatic nitrogens is 1. The molecule has 2 saturated carbocycles. The Morgan fingerprint density at radius 3 is 2.69 bits per heavy atom. The molecule has 4 atom stereocenters. The summed E-state index contributed by atoms with van der Waals surface area (Å²) in [6, 6.07) is 10.4. The molecule has 3 fully saturated rings. The minimum Gasteiger partial charge on any atom is -0.347 e. The molecule has 2 aromatic rings. The molecule has 5 heteroatoms. The number of alkyl halides is 1. The Kier molecular flexibility index (Phi) is 4.96. The zero-order valence-electron chi connectivity index (χ0n) is 16.3. The van der Waals surface area contributed by atoms with Gasteiger partial charge < -0.3 is 9.47 Å². The van der Waals surface area contributed by atoms with Gasteiger partial charge in [0.1, 0.15) is 12.0 Å². The van der Waals surface area contributed by atoms with E-state index in [1.54, 1.807) is 12.3 Å². The van der Waals surface area contributed by atoms with Crippen LogP contribution in [0.4, 0.5) is 8.78 Å². The van der Waals surface area contributed by atoms with E-state index >= 15 is 0 Å². The summed E-state index contributed by atoms with van der Waals surface area (Å²) in [5, 5.41) is 0. The van der Waals surface area contributed by atoms with Crippen LogP contribution in [0.3, 0.4) is 0 Å². The van der Waals surface area contributed by atoms with Gasteiger partial charge in [0.15, 0.2) is 5.79 Å². The van der Waals surface area contributed by atoms with Crippen LogP contribution in [0.15, 0.2) is 48.7 Å². The summed E-state index contributed by atoms with van der Waals surface area (Å²) in [5.41, 5.74) is 2.52. The van der Waals surface area contributed by atoms with E-state index < -0.39 is 12.0 Å². The van der Waals surface area contributed by atoms with Gasteiger partial charge in [-0.05, 0) is 60.9 Å². The molecule has 3 nitrogen and oxygen atoms in total. The molecule has 29 heavy (non-hydrogen) atoms. The average molecular weight is 397 g/mol. The third kappa shape index (κ3) is 3.62. The van der Waals surface area contributed by atoms with E-state index in [0.717, 1.165) is 29.7 Å². The summed E-state index contributed by atoms with van der Waals surface area (Å²) in [4.78, 5) is 4.53. The van der Waals surface area contributed by atoms with E-state index in [-0.39, 0.29) is 11.7 Å². The van der Waals surface area contributed by atoms with Gasteiger partial charge in [-0.15, -0.1) is 0 Å². The Balaban J connectivity index is 1.37. The number of ether oxygens (including phenoxy) is 2. The molecule has 0 bridgehead atoms. The van der Waals surface area contributed by atoms with Crippen molar-refractivity contribution < 1.29 is 18.3 Å². The maximum absolute atomic E-state index is 13.9. The average Bonchev–Trinajstić information content (AvgIpc) is 3.31. The molecule has 0 radical (unpaired) electrons. The molecular formula is C24H25F2NO2. The van der Waals surface area contributed by atoms with Crippen LogP contribution in [0.5, 0.6) is 0 Å². The number of nitrogens with zero attached hydrogens (tertiary/aromatic N) is 1. The van der Waals surface area contributed by atoms with Crippen LogP contribution in [-0.2, 0) is 9.47 Å². The Morgan fingerprint density at radius 1 is 1.07 bits per heavy atom. The van der Waals surface area contributed by atoms with Crippen molar-refractivity contribution in [2.24, 2.45) is 17.8 Å². The number of hydrogen-bond acceptors (Lipinski definition) is 3. The second kappa shape index (κ2) is 7.62. The van der Waals surface area contributed by atoms with Crippen LogP contribution >= 0.6 is 0 Å². The van der Waals surface area contributed by atoms with Gasteiger partial charge in [0.25, 0.3) is 0 Å². The fourth-order valence-corrected chi connectivity index (χ4v) is 5.38. The summed E-state index contributed by atoms with van der Waals surface area (Å²) in [6.45, 7) is 1.20. The van der Waals surface area contributed by atoms with Crippen molar-refractivity contribution in [3.05, 3.63) is 60.2 Å². The lowest BCUT2D eigenvalue weighted by Gasteiger charge is -2.32. The SMILES string of the molecule is Fc1cccc(-c2ccc(C=C[C@H]3[C@H]4CC[C@H](F)C[C@H]4CC34OCCO4)nc2)c1. The molecule has 1 saturated heterocycles. The molecule has 0 amide bonds. The number of hydrogen-bond donors (Lipinski definition) is 0. The number of benzene rings is 1. The van der Waals surface area contributed by atoms with Gasteiger partial charge in [0.2, 0.25) is 0 Å².